The average molecular weight is 476 g/mol. The third-order valence-corrected chi connectivity index (χ3v) is 6.93. The van der Waals surface area contributed by atoms with Gasteiger partial charge in [-0.3, -0.25) is 14.4 Å². The Morgan fingerprint density at radius 3 is 2.52 bits per heavy atom. The summed E-state index contributed by atoms with van der Waals surface area (Å²) in [6, 6.07) is 9.43. The van der Waals surface area contributed by atoms with E-state index in [1.165, 1.54) is 11.3 Å². The first-order valence-electron chi connectivity index (χ1n) is 9.72. The summed E-state index contributed by atoms with van der Waals surface area (Å²) >= 11 is 4.98. The third-order valence-electron chi connectivity index (χ3n) is 5.57. The number of halogens is 1. The average Bonchev–Trinajstić information content (AvgIpc) is 3.39. The lowest BCUT2D eigenvalue weighted by atomic mass is 10.0. The van der Waals surface area contributed by atoms with Crippen LogP contribution in [0.15, 0.2) is 45.6 Å². The minimum absolute atomic E-state index is 0.0579. The topological polar surface area (TPSA) is 69.7 Å². The number of carbonyl (C=O) groups excluding carboxylic acids is 3. The van der Waals surface area contributed by atoms with Crippen molar-refractivity contribution < 1.29 is 14.4 Å². The van der Waals surface area contributed by atoms with Crippen LogP contribution in [-0.2, 0) is 9.59 Å². The van der Waals surface area contributed by atoms with E-state index < -0.39 is 5.92 Å². The fraction of sp³-hybridized carbons (Fsp3) is 0.381. The number of nitrogens with one attached hydrogen (secondary N) is 1. The Morgan fingerprint density at radius 1 is 1.07 bits per heavy atom. The SMILES string of the molecule is O=C(NC1CCN(C(=O)C2CCN(c3ccccc3Br)C2=O)CC1)c1ccsc1. The highest BCUT2D eigenvalue weighted by Crippen LogP contribution is 2.32. The maximum Gasteiger partial charge on any atom is 0.252 e. The Balaban J connectivity index is 1.32. The molecule has 0 bridgehead atoms. The van der Waals surface area contributed by atoms with Crippen molar-refractivity contribution in [2.75, 3.05) is 24.5 Å². The van der Waals surface area contributed by atoms with E-state index in [-0.39, 0.29) is 23.8 Å². The zero-order valence-electron chi connectivity index (χ0n) is 15.8. The number of benzene rings is 1. The Kier molecular flexibility index (Phi) is 6.01. The van der Waals surface area contributed by atoms with E-state index in [0.717, 1.165) is 10.2 Å². The first-order chi connectivity index (χ1) is 14.0. The van der Waals surface area contributed by atoms with Crippen molar-refractivity contribution in [1.29, 1.82) is 0 Å². The summed E-state index contributed by atoms with van der Waals surface area (Å²) < 4.78 is 0.851. The number of para-hydroxylation sites is 1. The number of rotatable bonds is 4. The summed E-state index contributed by atoms with van der Waals surface area (Å²) in [5, 5.41) is 6.75. The highest BCUT2D eigenvalue weighted by atomic mass is 79.9. The third kappa shape index (κ3) is 4.23. The molecular weight excluding hydrogens is 454 g/mol. The Hall–Kier alpha value is -2.19. The number of nitrogens with zero attached hydrogens (tertiary/aromatic N) is 2. The molecule has 2 aliphatic rings. The number of carbonyl (C=O) groups is 3. The van der Waals surface area contributed by atoms with Gasteiger partial charge in [0.2, 0.25) is 11.8 Å². The van der Waals surface area contributed by atoms with Gasteiger partial charge >= 0.3 is 0 Å². The number of hydrogen-bond donors (Lipinski definition) is 1. The molecular formula is C21H22BrN3O3S. The van der Waals surface area contributed by atoms with Gasteiger partial charge in [-0.15, -0.1) is 0 Å². The van der Waals surface area contributed by atoms with Crippen LogP contribution in [-0.4, -0.2) is 48.3 Å². The molecule has 1 N–H and O–H groups in total. The molecule has 3 amide bonds. The minimum atomic E-state index is -0.612. The fourth-order valence-corrected chi connectivity index (χ4v) is 5.08. The van der Waals surface area contributed by atoms with Crippen LogP contribution in [0.2, 0.25) is 0 Å². The molecule has 0 spiro atoms. The van der Waals surface area contributed by atoms with Crippen molar-refractivity contribution in [3.05, 3.63) is 51.1 Å². The highest BCUT2D eigenvalue weighted by Gasteiger charge is 2.40. The second-order valence-corrected chi connectivity index (χ2v) is 9.00. The van der Waals surface area contributed by atoms with E-state index in [9.17, 15) is 14.4 Å². The van der Waals surface area contributed by atoms with Crippen LogP contribution in [0.3, 0.4) is 0 Å². The molecule has 1 aromatic heterocycles. The second-order valence-electron chi connectivity index (χ2n) is 7.37. The fourth-order valence-electron chi connectivity index (χ4n) is 3.95. The minimum Gasteiger partial charge on any atom is -0.349 e. The molecule has 0 radical (unpaired) electrons. The van der Waals surface area contributed by atoms with E-state index >= 15 is 0 Å². The lowest BCUT2D eigenvalue weighted by Crippen LogP contribution is -2.49. The molecule has 2 aliphatic heterocycles. The number of likely N-dealkylation sites (tertiary alicyclic amines) is 1. The molecule has 3 heterocycles. The van der Waals surface area contributed by atoms with Crippen molar-refractivity contribution >= 4 is 50.7 Å². The lowest BCUT2D eigenvalue weighted by molar-refractivity contribution is -0.140. The quantitative estimate of drug-likeness (QED) is 0.689. The summed E-state index contributed by atoms with van der Waals surface area (Å²) in [5.74, 6) is -0.896. The van der Waals surface area contributed by atoms with Crippen molar-refractivity contribution in [1.82, 2.24) is 10.2 Å². The first-order valence-corrected chi connectivity index (χ1v) is 11.5. The van der Waals surface area contributed by atoms with Gasteiger partial charge in [-0.2, -0.15) is 11.3 Å². The highest BCUT2D eigenvalue weighted by molar-refractivity contribution is 9.10. The Morgan fingerprint density at radius 2 is 1.83 bits per heavy atom. The van der Waals surface area contributed by atoms with Crippen LogP contribution in [0.5, 0.6) is 0 Å². The van der Waals surface area contributed by atoms with Crippen LogP contribution in [0.1, 0.15) is 29.6 Å². The van der Waals surface area contributed by atoms with E-state index in [2.05, 4.69) is 21.2 Å². The number of anilines is 1. The molecule has 2 aromatic rings. The van der Waals surface area contributed by atoms with E-state index in [0.29, 0.717) is 44.5 Å². The van der Waals surface area contributed by atoms with Gasteiger partial charge in [0.1, 0.15) is 5.92 Å². The Labute approximate surface area is 182 Å². The zero-order chi connectivity index (χ0) is 20.4. The van der Waals surface area contributed by atoms with Crippen molar-refractivity contribution in [3.63, 3.8) is 0 Å². The normalized spacial score (nSPS) is 20.2. The van der Waals surface area contributed by atoms with Gasteiger partial charge in [-0.05, 0) is 58.8 Å². The maximum atomic E-state index is 13.0. The number of piperidine rings is 1. The van der Waals surface area contributed by atoms with Gasteiger partial charge in [-0.1, -0.05) is 12.1 Å². The van der Waals surface area contributed by atoms with Crippen molar-refractivity contribution in [2.45, 2.75) is 25.3 Å². The number of thiophene rings is 1. The van der Waals surface area contributed by atoms with Crippen LogP contribution in [0.4, 0.5) is 5.69 Å². The first kappa shape index (κ1) is 20.1. The van der Waals surface area contributed by atoms with Crippen LogP contribution in [0, 0.1) is 5.92 Å². The predicted octanol–water partition coefficient (Wildman–Crippen LogP) is 3.28. The predicted molar refractivity (Wildman–Crippen MR) is 116 cm³/mol. The monoisotopic (exact) mass is 475 g/mol. The van der Waals surface area contributed by atoms with Gasteiger partial charge in [0.25, 0.3) is 5.91 Å². The molecule has 29 heavy (non-hydrogen) atoms. The molecule has 2 saturated heterocycles. The molecule has 152 valence electrons. The zero-order valence-corrected chi connectivity index (χ0v) is 18.2. The molecule has 6 nitrogen and oxygen atoms in total. The smallest absolute Gasteiger partial charge is 0.252 e. The van der Waals surface area contributed by atoms with Crippen LogP contribution >= 0.6 is 27.3 Å². The molecule has 0 saturated carbocycles. The van der Waals surface area contributed by atoms with Gasteiger partial charge in [0, 0.05) is 41.1 Å². The van der Waals surface area contributed by atoms with Crippen molar-refractivity contribution in [2.24, 2.45) is 5.92 Å². The van der Waals surface area contributed by atoms with Crippen LogP contribution in [0.25, 0.3) is 0 Å². The Bertz CT molecular complexity index is 910. The van der Waals surface area contributed by atoms with E-state index in [1.54, 1.807) is 15.9 Å². The standard InChI is InChI=1S/C21H22BrN3O3S/c22-17-3-1-2-4-18(17)25-11-7-16(21(25)28)20(27)24-9-5-15(6-10-24)23-19(26)14-8-12-29-13-14/h1-4,8,12-13,15-16H,5-7,9-11H2,(H,23,26). The molecule has 2 fully saturated rings. The molecule has 8 heteroatoms. The summed E-state index contributed by atoms with van der Waals surface area (Å²) in [6.07, 6.45) is 1.95. The van der Waals surface area contributed by atoms with Crippen molar-refractivity contribution in [3.8, 4) is 0 Å². The largest absolute Gasteiger partial charge is 0.349 e. The number of hydrogen-bond acceptors (Lipinski definition) is 4. The molecule has 1 unspecified atom stereocenters. The van der Waals surface area contributed by atoms with E-state index in [4.69, 9.17) is 0 Å². The summed E-state index contributed by atoms with van der Waals surface area (Å²) in [7, 11) is 0. The molecule has 1 atom stereocenters. The van der Waals surface area contributed by atoms with Gasteiger partial charge in [-0.25, -0.2) is 0 Å². The molecule has 4 rings (SSSR count). The second kappa shape index (κ2) is 8.67. The maximum absolute atomic E-state index is 13.0. The van der Waals surface area contributed by atoms with E-state index in [1.807, 2.05) is 35.0 Å². The summed E-state index contributed by atoms with van der Waals surface area (Å²) in [4.78, 5) is 41.5. The molecule has 1 aromatic carbocycles. The van der Waals surface area contributed by atoms with Crippen LogP contribution < -0.4 is 10.2 Å². The van der Waals surface area contributed by atoms with Gasteiger partial charge in [0.15, 0.2) is 0 Å². The number of amides is 3. The molecule has 0 aliphatic carbocycles. The van der Waals surface area contributed by atoms with Gasteiger partial charge < -0.3 is 15.1 Å². The van der Waals surface area contributed by atoms with Gasteiger partial charge in [0.05, 0.1) is 5.69 Å². The lowest BCUT2D eigenvalue weighted by Gasteiger charge is -2.33. The summed E-state index contributed by atoms with van der Waals surface area (Å²) in [6.45, 7) is 1.67. The summed E-state index contributed by atoms with van der Waals surface area (Å²) in [5.41, 5.74) is 1.49.